The van der Waals surface area contributed by atoms with Crippen LogP contribution in [0.25, 0.3) is 10.9 Å². The van der Waals surface area contributed by atoms with Crippen LogP contribution in [0, 0.1) is 6.92 Å². The highest BCUT2D eigenvalue weighted by atomic mass is 16.3. The summed E-state index contributed by atoms with van der Waals surface area (Å²) in [5.74, 6) is 0. The van der Waals surface area contributed by atoms with Crippen LogP contribution in [0.2, 0.25) is 0 Å². The predicted molar refractivity (Wildman–Crippen MR) is 112 cm³/mol. The fourth-order valence-electron chi connectivity index (χ4n) is 4.16. The molecule has 1 N–H and O–H groups in total. The van der Waals surface area contributed by atoms with E-state index >= 15 is 0 Å². The van der Waals surface area contributed by atoms with Gasteiger partial charge in [0.1, 0.15) is 0 Å². The number of fused-ring (bicyclic) bond motifs is 1. The van der Waals surface area contributed by atoms with Gasteiger partial charge in [0.05, 0.1) is 11.2 Å². The third-order valence-corrected chi connectivity index (χ3v) is 5.57. The Labute approximate surface area is 166 Å². The van der Waals surface area contributed by atoms with E-state index in [1.165, 1.54) is 10.9 Å². The zero-order valence-electron chi connectivity index (χ0n) is 16.5. The zero-order valence-corrected chi connectivity index (χ0v) is 16.5. The van der Waals surface area contributed by atoms with Gasteiger partial charge >= 0.3 is 0 Å². The number of rotatable bonds is 6. The molecule has 1 atom stereocenters. The van der Waals surface area contributed by atoms with E-state index in [9.17, 15) is 5.11 Å². The maximum Gasteiger partial charge on any atom is 0.0746 e. The molecule has 0 bridgehead atoms. The van der Waals surface area contributed by atoms with Crippen LogP contribution in [0.4, 0.5) is 0 Å². The van der Waals surface area contributed by atoms with Gasteiger partial charge in [0, 0.05) is 62.6 Å². The SMILES string of the molecule is Cc1cccc(CN2CCN(Cc3cccc4cccnc34)C[C@@H]2CCO)n1. The normalized spacial score (nSPS) is 18.6. The van der Waals surface area contributed by atoms with E-state index in [0.717, 1.165) is 56.0 Å². The zero-order chi connectivity index (χ0) is 19.3. The third-order valence-electron chi connectivity index (χ3n) is 5.57. The molecule has 0 amide bonds. The number of para-hydroxylation sites is 1. The van der Waals surface area contributed by atoms with Crippen LogP contribution in [0.1, 0.15) is 23.4 Å². The van der Waals surface area contributed by atoms with Crippen LogP contribution in [-0.4, -0.2) is 57.2 Å². The molecular weight excluding hydrogens is 348 g/mol. The van der Waals surface area contributed by atoms with Gasteiger partial charge in [-0.05, 0) is 37.1 Å². The average Bonchev–Trinajstić information content (AvgIpc) is 2.70. The smallest absolute Gasteiger partial charge is 0.0746 e. The molecule has 1 saturated heterocycles. The average molecular weight is 377 g/mol. The second-order valence-electron chi connectivity index (χ2n) is 7.63. The molecular formula is C23H28N4O. The molecule has 1 fully saturated rings. The monoisotopic (exact) mass is 376 g/mol. The summed E-state index contributed by atoms with van der Waals surface area (Å²) in [4.78, 5) is 14.2. The van der Waals surface area contributed by atoms with Crippen LogP contribution in [0.15, 0.2) is 54.7 Å². The van der Waals surface area contributed by atoms with Crippen molar-refractivity contribution in [2.75, 3.05) is 26.2 Å². The molecule has 0 aliphatic carbocycles. The Morgan fingerprint density at radius 1 is 1.04 bits per heavy atom. The molecule has 28 heavy (non-hydrogen) atoms. The van der Waals surface area contributed by atoms with Crippen molar-refractivity contribution in [3.63, 3.8) is 0 Å². The van der Waals surface area contributed by atoms with Crippen molar-refractivity contribution in [1.82, 2.24) is 19.8 Å². The molecule has 3 heterocycles. The topological polar surface area (TPSA) is 52.5 Å². The van der Waals surface area contributed by atoms with Crippen LogP contribution >= 0.6 is 0 Å². The lowest BCUT2D eigenvalue weighted by atomic mass is 10.1. The van der Waals surface area contributed by atoms with Crippen LogP contribution in [0.5, 0.6) is 0 Å². The van der Waals surface area contributed by atoms with E-state index in [0.29, 0.717) is 6.04 Å². The van der Waals surface area contributed by atoms with Crippen LogP contribution in [0.3, 0.4) is 0 Å². The fraction of sp³-hybridized carbons (Fsp3) is 0.391. The van der Waals surface area contributed by atoms with Crippen molar-refractivity contribution in [2.24, 2.45) is 0 Å². The minimum atomic E-state index is 0.214. The maximum atomic E-state index is 9.59. The molecule has 0 saturated carbocycles. The van der Waals surface area contributed by atoms with Gasteiger partial charge in [-0.3, -0.25) is 19.8 Å². The van der Waals surface area contributed by atoms with Crippen molar-refractivity contribution in [2.45, 2.75) is 32.5 Å². The number of aryl methyl sites for hydroxylation is 1. The van der Waals surface area contributed by atoms with Crippen molar-refractivity contribution in [1.29, 1.82) is 0 Å². The lowest BCUT2D eigenvalue weighted by Crippen LogP contribution is -2.52. The standard InChI is InChI=1S/C23H28N4O/c1-18-5-2-9-21(25-18)16-27-13-12-26(17-22(27)10-14-28)15-20-7-3-6-19-8-4-11-24-23(19)20/h2-9,11,22,28H,10,12-17H2,1H3/t22-/m0/s1. The summed E-state index contributed by atoms with van der Waals surface area (Å²) >= 11 is 0. The molecule has 0 unspecified atom stereocenters. The molecule has 5 nitrogen and oxygen atoms in total. The summed E-state index contributed by atoms with van der Waals surface area (Å²) in [6.45, 7) is 6.94. The van der Waals surface area contributed by atoms with Gasteiger partial charge in [-0.15, -0.1) is 0 Å². The van der Waals surface area contributed by atoms with Gasteiger partial charge in [0.15, 0.2) is 0 Å². The summed E-state index contributed by atoms with van der Waals surface area (Å²) in [5.41, 5.74) is 4.53. The van der Waals surface area contributed by atoms with Gasteiger partial charge in [-0.25, -0.2) is 0 Å². The lowest BCUT2D eigenvalue weighted by Gasteiger charge is -2.41. The van der Waals surface area contributed by atoms with E-state index < -0.39 is 0 Å². The molecule has 4 rings (SSSR count). The summed E-state index contributed by atoms with van der Waals surface area (Å²) in [5, 5.41) is 10.8. The second-order valence-corrected chi connectivity index (χ2v) is 7.63. The minimum Gasteiger partial charge on any atom is -0.396 e. The third kappa shape index (κ3) is 4.38. The molecule has 2 aromatic heterocycles. The number of aromatic nitrogens is 2. The Morgan fingerprint density at radius 2 is 1.89 bits per heavy atom. The number of benzene rings is 1. The summed E-state index contributed by atoms with van der Waals surface area (Å²) in [6.07, 6.45) is 2.66. The number of hydrogen-bond acceptors (Lipinski definition) is 5. The van der Waals surface area contributed by atoms with Gasteiger partial charge < -0.3 is 5.11 Å². The lowest BCUT2D eigenvalue weighted by molar-refractivity contribution is 0.0493. The first-order valence-electron chi connectivity index (χ1n) is 10.1. The van der Waals surface area contributed by atoms with E-state index in [2.05, 4.69) is 56.2 Å². The molecule has 146 valence electrons. The number of aliphatic hydroxyl groups excluding tert-OH is 1. The van der Waals surface area contributed by atoms with Gasteiger partial charge in [0.25, 0.3) is 0 Å². The highest BCUT2D eigenvalue weighted by molar-refractivity contribution is 5.81. The summed E-state index contributed by atoms with van der Waals surface area (Å²) in [6, 6.07) is 17.1. The van der Waals surface area contributed by atoms with Crippen molar-refractivity contribution in [3.05, 3.63) is 71.7 Å². The van der Waals surface area contributed by atoms with E-state index in [1.807, 2.05) is 25.3 Å². The highest BCUT2D eigenvalue weighted by Crippen LogP contribution is 2.21. The summed E-state index contributed by atoms with van der Waals surface area (Å²) in [7, 11) is 0. The van der Waals surface area contributed by atoms with Gasteiger partial charge in [-0.2, -0.15) is 0 Å². The quantitative estimate of drug-likeness (QED) is 0.717. The number of aliphatic hydroxyl groups is 1. The molecule has 1 aliphatic heterocycles. The Balaban J connectivity index is 1.46. The Bertz CT molecular complexity index is 924. The minimum absolute atomic E-state index is 0.214. The first-order valence-corrected chi connectivity index (χ1v) is 10.1. The largest absolute Gasteiger partial charge is 0.396 e. The van der Waals surface area contributed by atoms with E-state index in [4.69, 9.17) is 0 Å². The number of pyridine rings is 2. The summed E-state index contributed by atoms with van der Waals surface area (Å²) < 4.78 is 0. The van der Waals surface area contributed by atoms with Gasteiger partial charge in [0.2, 0.25) is 0 Å². The number of nitrogens with zero attached hydrogens (tertiary/aromatic N) is 4. The molecule has 3 aromatic rings. The Hall–Kier alpha value is -2.34. The van der Waals surface area contributed by atoms with Gasteiger partial charge in [-0.1, -0.05) is 30.3 Å². The maximum absolute atomic E-state index is 9.59. The molecule has 0 spiro atoms. The fourth-order valence-corrected chi connectivity index (χ4v) is 4.16. The number of piperazine rings is 1. The number of hydrogen-bond donors (Lipinski definition) is 1. The first kappa shape index (κ1) is 19.0. The predicted octanol–water partition coefficient (Wildman–Crippen LogP) is 3.01. The molecule has 5 heteroatoms. The highest BCUT2D eigenvalue weighted by Gasteiger charge is 2.27. The van der Waals surface area contributed by atoms with Crippen molar-refractivity contribution in [3.8, 4) is 0 Å². The van der Waals surface area contributed by atoms with Crippen LogP contribution < -0.4 is 0 Å². The van der Waals surface area contributed by atoms with E-state index in [-0.39, 0.29) is 6.61 Å². The van der Waals surface area contributed by atoms with Crippen molar-refractivity contribution >= 4 is 10.9 Å². The van der Waals surface area contributed by atoms with Crippen molar-refractivity contribution < 1.29 is 5.11 Å². The van der Waals surface area contributed by atoms with E-state index in [1.54, 1.807) is 0 Å². The second kappa shape index (κ2) is 8.78. The Kier molecular flexibility index (Phi) is 5.95. The molecule has 1 aliphatic rings. The van der Waals surface area contributed by atoms with Crippen LogP contribution in [-0.2, 0) is 13.1 Å². The first-order chi connectivity index (χ1) is 13.7. The Morgan fingerprint density at radius 3 is 2.75 bits per heavy atom. The molecule has 1 aromatic carbocycles. The molecule has 0 radical (unpaired) electrons.